The molecule has 0 spiro atoms. The molecular formula is C113H107B7N8O14. The summed E-state index contributed by atoms with van der Waals surface area (Å²) in [6.07, 6.45) is 5.53. The Bertz CT molecular complexity index is 7730. The predicted octanol–water partition coefficient (Wildman–Crippen LogP) is 10.3. The highest BCUT2D eigenvalue weighted by Gasteiger charge is 2.19. The minimum Gasteiger partial charge on any atom is -0.423 e. The van der Waals surface area contributed by atoms with Crippen molar-refractivity contribution in [1.29, 1.82) is 0 Å². The van der Waals surface area contributed by atoms with Gasteiger partial charge in [-0.2, -0.15) is 0 Å². The molecule has 0 bridgehead atoms. The molecule has 20 rings (SSSR count). The van der Waals surface area contributed by atoms with Gasteiger partial charge >= 0.3 is 49.8 Å². The van der Waals surface area contributed by atoms with Gasteiger partial charge in [-0.15, -0.1) is 0 Å². The minimum atomic E-state index is -1.45. The van der Waals surface area contributed by atoms with E-state index in [9.17, 15) is 0 Å². The van der Waals surface area contributed by atoms with Gasteiger partial charge in [-0.1, -0.05) is 247 Å². The maximum absolute atomic E-state index is 9.13. The lowest BCUT2D eigenvalue weighted by Gasteiger charge is -2.16. The molecule has 0 amide bonds. The molecule has 0 fully saturated rings. The predicted molar refractivity (Wildman–Crippen MR) is 591 cm³/mol. The molecule has 0 unspecified atom stereocenters. The van der Waals surface area contributed by atoms with Crippen LogP contribution in [-0.4, -0.2) is 196 Å². The van der Waals surface area contributed by atoms with Crippen molar-refractivity contribution in [2.75, 3.05) is 76.0 Å². The lowest BCUT2D eigenvalue weighted by atomic mass is 9.78. The number of aromatic amines is 2. The van der Waals surface area contributed by atoms with Crippen LogP contribution in [0.3, 0.4) is 0 Å². The molecule has 4 heterocycles. The molecule has 704 valence electrons. The van der Waals surface area contributed by atoms with Gasteiger partial charge in [0.05, 0.1) is 11.2 Å². The van der Waals surface area contributed by atoms with Crippen LogP contribution in [0.4, 0.5) is 22.7 Å². The Morgan fingerprint density at radius 3 is 1.26 bits per heavy atom. The summed E-state index contributed by atoms with van der Waals surface area (Å²) in [6, 6.07) is 112. The third kappa shape index (κ3) is 27.9. The first-order valence-electron chi connectivity index (χ1n) is 45.6. The topological polar surface area (TPSA) is 346 Å². The molecule has 0 aliphatic carbocycles. The van der Waals surface area contributed by atoms with E-state index in [1.165, 1.54) is 32.8 Å². The lowest BCUT2D eigenvalue weighted by molar-refractivity contribution is 0.424. The second kappa shape index (κ2) is 49.3. The zero-order valence-electron chi connectivity index (χ0n) is 80.2. The number of nitrogens with zero attached hydrogens (tertiary/aromatic N) is 6. The fourth-order valence-corrected chi connectivity index (χ4v) is 15.5. The van der Waals surface area contributed by atoms with Gasteiger partial charge in [0.15, 0.2) is 0 Å². The molecule has 29 heteroatoms. The summed E-state index contributed by atoms with van der Waals surface area (Å²) in [4.78, 5) is 18.9. The number of H-pyrrole nitrogens is 2. The SMILES string of the molecule is CN(C)c1ccc(C#Cc2ccc(B(O)O)cc2)c2ccccc12.CN(C)c1ccc2cc(B(O)O)ccc2c1.CN(C)c1cccc2c(C#Cc3ccc(B(O)O)cc3)cccc12.Cc1ccc(C#Cc2ccc3cc(N(C)C)ccc3c2)cc1.Cn1ccc2cc(B(O)O)ccc21.OB(O)c1ccc(-c2ccc3ccccc3n2)cc1.OB(O)c1ccc2cc[nH]c2c1.OB(O)c1cccc2[nH]ccc12. The Morgan fingerprint density at radius 2 is 0.690 bits per heavy atom. The first kappa shape index (κ1) is 104. The quantitative estimate of drug-likeness (QED) is 0.0399. The Labute approximate surface area is 828 Å². The van der Waals surface area contributed by atoms with Gasteiger partial charge in [-0.3, -0.25) is 0 Å². The Balaban J connectivity index is 0.000000138. The van der Waals surface area contributed by atoms with E-state index in [0.29, 0.717) is 38.2 Å². The maximum Gasteiger partial charge on any atom is 0.489 e. The van der Waals surface area contributed by atoms with Crippen LogP contribution < -0.4 is 57.8 Å². The average molecular weight is 1880 g/mol. The van der Waals surface area contributed by atoms with Crippen molar-refractivity contribution in [3.63, 3.8) is 0 Å². The van der Waals surface area contributed by atoms with Gasteiger partial charge in [0.1, 0.15) is 0 Å². The number of hydrogen-bond acceptors (Lipinski definition) is 19. The monoisotopic (exact) mass is 1880 g/mol. The fourth-order valence-electron chi connectivity index (χ4n) is 15.5. The first-order valence-corrected chi connectivity index (χ1v) is 45.6. The molecule has 0 atom stereocenters. The van der Waals surface area contributed by atoms with Crippen molar-refractivity contribution in [2.45, 2.75) is 6.92 Å². The Morgan fingerprint density at radius 1 is 0.275 bits per heavy atom. The van der Waals surface area contributed by atoms with Crippen molar-refractivity contribution in [3.8, 4) is 46.8 Å². The van der Waals surface area contributed by atoms with Gasteiger partial charge in [0.2, 0.25) is 0 Å². The molecule has 0 radical (unpaired) electrons. The van der Waals surface area contributed by atoms with Crippen LogP contribution in [0.25, 0.3) is 98.0 Å². The van der Waals surface area contributed by atoms with E-state index in [1.807, 2.05) is 211 Å². The average Bonchev–Trinajstić information content (AvgIpc) is 1.05. The Kier molecular flexibility index (Phi) is 36.0. The van der Waals surface area contributed by atoms with Gasteiger partial charge in [-0.05, 0) is 239 Å². The van der Waals surface area contributed by atoms with Crippen LogP contribution in [0, 0.1) is 42.4 Å². The lowest BCUT2D eigenvalue weighted by Crippen LogP contribution is -2.29. The van der Waals surface area contributed by atoms with Crippen LogP contribution in [-0.2, 0) is 7.05 Å². The second-order valence-electron chi connectivity index (χ2n) is 34.3. The minimum absolute atomic E-state index is 0.460. The summed E-state index contributed by atoms with van der Waals surface area (Å²) in [5.74, 6) is 19.2. The second-order valence-corrected chi connectivity index (χ2v) is 34.3. The van der Waals surface area contributed by atoms with Gasteiger partial charge in [-0.25, -0.2) is 4.98 Å². The zero-order chi connectivity index (χ0) is 101. The van der Waals surface area contributed by atoms with Crippen LogP contribution in [0.5, 0.6) is 0 Å². The Hall–Kier alpha value is -15.6. The summed E-state index contributed by atoms with van der Waals surface area (Å²) in [5, 5.41) is 140. The van der Waals surface area contributed by atoms with Crippen molar-refractivity contribution >= 4 is 198 Å². The van der Waals surface area contributed by atoms with Gasteiger partial charge < -0.3 is 104 Å². The highest BCUT2D eigenvalue weighted by Crippen LogP contribution is 2.31. The molecule has 0 aliphatic rings. The smallest absolute Gasteiger partial charge is 0.423 e. The summed E-state index contributed by atoms with van der Waals surface area (Å²) >= 11 is 0. The number of para-hydroxylation sites is 1. The summed E-state index contributed by atoms with van der Waals surface area (Å²) < 4.78 is 1.99. The normalized spacial score (nSPS) is 10.4. The molecule has 22 nitrogen and oxygen atoms in total. The standard InChI is InChI=1S/C21H19N.2C20H18BNO2.C15H12BNO2.C12H14BNO2.C9H10BNO2.2C8H8BNO2/c1-16-4-6-17(7-5-16)8-9-18-10-11-20-15-21(22(2)3)13-12-19(20)14-18;1-22(2)20-8-4-6-18-16(5-3-7-19(18)20)12-9-15-10-13-17(14-11-15)21(23)24;1-22(2)20-14-11-16(18-5-3-4-6-19(18)20)10-7-15-8-12-17(13-9-15)21(23)24;18-16(19)13-8-5-12(6-9-13)15-10-7-11-3-1-2-4-14(11)17-15;1-14(2)12-6-4-9-7-11(13(15)16)5-3-10(9)8-12;1-11-5-4-7-6-8(10(12)13)2-3-9(7)11;11-9(12)7-2-1-6-3-4-10-8(6)5-7;11-9(12)7-2-1-3-8-6(7)4-5-10-8/h4-7,10-15H,1-3H3;3-8,10-11,13-14,23-24H,1-2H3;3-6,8-9,11-14,23-24H,1-2H3;1-10,18-19H;3-8,15-16H,1-2H3;2-6,12-13H,1H3;2*1-5,10-12H. The molecular weight excluding hydrogens is 1770 g/mol. The number of anilines is 4. The van der Waals surface area contributed by atoms with Crippen LogP contribution in [0.15, 0.2) is 370 Å². The molecule has 16 aromatic carbocycles. The van der Waals surface area contributed by atoms with E-state index in [1.54, 1.807) is 115 Å². The van der Waals surface area contributed by atoms with E-state index in [0.717, 1.165) is 127 Å². The summed E-state index contributed by atoms with van der Waals surface area (Å²) in [7, 11) is 8.28. The van der Waals surface area contributed by atoms with Crippen molar-refractivity contribution in [1.82, 2.24) is 19.5 Å². The fraction of sp³-hybridized carbons (Fsp3) is 0.0885. The number of hydrogen-bond donors (Lipinski definition) is 16. The van der Waals surface area contributed by atoms with Crippen LogP contribution >= 0.6 is 0 Å². The van der Waals surface area contributed by atoms with Crippen LogP contribution in [0.1, 0.15) is 38.9 Å². The summed E-state index contributed by atoms with van der Waals surface area (Å²) in [6.45, 7) is 2.09. The molecule has 16 N–H and O–H groups in total. The third-order valence-corrected chi connectivity index (χ3v) is 23.4. The first-order chi connectivity index (χ1) is 68.3. The highest BCUT2D eigenvalue weighted by atomic mass is 16.4. The van der Waals surface area contributed by atoms with E-state index in [2.05, 4.69) is 189 Å². The van der Waals surface area contributed by atoms with Gasteiger partial charge in [0, 0.05) is 176 Å². The highest BCUT2D eigenvalue weighted by molar-refractivity contribution is 6.62. The van der Waals surface area contributed by atoms with E-state index in [4.69, 9.17) is 70.3 Å². The number of fused-ring (bicyclic) bond motifs is 8. The number of aryl methyl sites for hydroxylation is 2. The molecule has 0 saturated carbocycles. The zero-order valence-corrected chi connectivity index (χ0v) is 80.2. The molecule has 20 aromatic rings. The van der Waals surface area contributed by atoms with E-state index in [-0.39, 0.29) is 0 Å². The molecule has 142 heavy (non-hydrogen) atoms. The number of rotatable bonds is 12. The number of benzene rings is 16. The number of pyridine rings is 1. The van der Waals surface area contributed by atoms with Crippen LogP contribution in [0.2, 0.25) is 0 Å². The maximum atomic E-state index is 9.13. The largest absolute Gasteiger partial charge is 0.489 e. The molecule has 0 saturated heterocycles. The summed E-state index contributed by atoms with van der Waals surface area (Å²) in [5.41, 5.74) is 20.8. The van der Waals surface area contributed by atoms with Crippen molar-refractivity contribution < 1.29 is 70.3 Å². The molecule has 4 aromatic heterocycles. The van der Waals surface area contributed by atoms with E-state index >= 15 is 0 Å². The van der Waals surface area contributed by atoms with Gasteiger partial charge in [0.25, 0.3) is 0 Å². The third-order valence-electron chi connectivity index (χ3n) is 23.4. The van der Waals surface area contributed by atoms with E-state index < -0.39 is 49.8 Å². The van der Waals surface area contributed by atoms with Crippen molar-refractivity contribution in [2.24, 2.45) is 7.05 Å². The molecule has 0 aliphatic heterocycles. The number of nitrogens with one attached hydrogen (secondary N) is 2. The number of aromatic nitrogens is 4. The van der Waals surface area contributed by atoms with Crippen molar-refractivity contribution in [3.05, 3.63) is 409 Å².